The van der Waals surface area contributed by atoms with Gasteiger partial charge in [0.25, 0.3) is 0 Å². The minimum atomic E-state index is -0.265. The predicted molar refractivity (Wildman–Crippen MR) is 75.2 cm³/mol. The van der Waals surface area contributed by atoms with Crippen LogP contribution in [0.5, 0.6) is 0 Å². The summed E-state index contributed by atoms with van der Waals surface area (Å²) in [6, 6.07) is 0. The van der Waals surface area contributed by atoms with Gasteiger partial charge in [0.05, 0.1) is 6.61 Å². The molecule has 0 N–H and O–H groups in total. The standard InChI is InChI=1S/C16H24O2/c1-3-14(11-8-12-16(17)18-4-2)13-15-9-6-5-7-10-15/h3,8,12-13,15H,1,4-7,9-11H2,2H3/b12-8-,14-13-. The summed E-state index contributed by atoms with van der Waals surface area (Å²) in [5.74, 6) is 0.432. The van der Waals surface area contributed by atoms with Crippen LogP contribution in [0.1, 0.15) is 45.4 Å². The van der Waals surface area contributed by atoms with Crippen molar-refractivity contribution in [3.8, 4) is 0 Å². The molecular formula is C16H24O2. The predicted octanol–water partition coefficient (Wildman–Crippen LogP) is 4.19. The topological polar surface area (TPSA) is 26.3 Å². The molecule has 0 aliphatic heterocycles. The second kappa shape index (κ2) is 8.73. The Labute approximate surface area is 110 Å². The molecule has 18 heavy (non-hydrogen) atoms. The Balaban J connectivity index is 2.43. The molecule has 1 fully saturated rings. The van der Waals surface area contributed by atoms with Gasteiger partial charge in [-0.25, -0.2) is 4.79 Å². The third-order valence-electron chi connectivity index (χ3n) is 3.26. The van der Waals surface area contributed by atoms with Crippen molar-refractivity contribution in [2.24, 2.45) is 5.92 Å². The first kappa shape index (κ1) is 14.7. The molecule has 100 valence electrons. The van der Waals surface area contributed by atoms with Crippen molar-refractivity contribution in [1.82, 2.24) is 0 Å². The minimum absolute atomic E-state index is 0.265. The molecule has 0 aromatic rings. The van der Waals surface area contributed by atoms with Crippen LogP contribution in [-0.2, 0) is 9.53 Å². The highest BCUT2D eigenvalue weighted by Gasteiger charge is 2.10. The van der Waals surface area contributed by atoms with Crippen LogP contribution in [-0.4, -0.2) is 12.6 Å². The zero-order valence-electron chi connectivity index (χ0n) is 11.4. The third-order valence-corrected chi connectivity index (χ3v) is 3.26. The summed E-state index contributed by atoms with van der Waals surface area (Å²) in [5.41, 5.74) is 1.21. The molecule has 1 saturated carbocycles. The summed E-state index contributed by atoms with van der Waals surface area (Å²) in [6.45, 7) is 6.08. The molecular weight excluding hydrogens is 224 g/mol. The fraction of sp³-hybridized carbons (Fsp3) is 0.562. The van der Waals surface area contributed by atoms with Crippen molar-refractivity contribution >= 4 is 5.97 Å². The first-order chi connectivity index (χ1) is 8.76. The number of esters is 1. The molecule has 1 rings (SSSR count). The molecule has 0 heterocycles. The molecule has 0 aromatic carbocycles. The summed E-state index contributed by atoms with van der Waals surface area (Å²) in [6.07, 6.45) is 15.0. The molecule has 0 amide bonds. The van der Waals surface area contributed by atoms with Gasteiger partial charge in [-0.15, -0.1) is 0 Å². The molecule has 1 aliphatic rings. The van der Waals surface area contributed by atoms with E-state index in [0.717, 1.165) is 6.42 Å². The summed E-state index contributed by atoms with van der Waals surface area (Å²) in [4.78, 5) is 11.1. The summed E-state index contributed by atoms with van der Waals surface area (Å²) < 4.78 is 4.84. The van der Waals surface area contributed by atoms with Crippen LogP contribution in [0.3, 0.4) is 0 Å². The highest BCUT2D eigenvalue weighted by Crippen LogP contribution is 2.26. The molecule has 0 spiro atoms. The Hall–Kier alpha value is -1.31. The van der Waals surface area contributed by atoms with Crippen molar-refractivity contribution in [3.05, 3.63) is 36.5 Å². The van der Waals surface area contributed by atoms with Crippen molar-refractivity contribution in [2.45, 2.75) is 45.4 Å². The van der Waals surface area contributed by atoms with Gasteiger partial charge in [0, 0.05) is 6.08 Å². The van der Waals surface area contributed by atoms with E-state index in [9.17, 15) is 4.79 Å². The van der Waals surface area contributed by atoms with Crippen LogP contribution in [0, 0.1) is 5.92 Å². The molecule has 0 saturated heterocycles. The van der Waals surface area contributed by atoms with Gasteiger partial charge in [-0.05, 0) is 37.7 Å². The Morgan fingerprint density at radius 3 is 2.67 bits per heavy atom. The van der Waals surface area contributed by atoms with Crippen LogP contribution in [0.4, 0.5) is 0 Å². The van der Waals surface area contributed by atoms with E-state index in [1.54, 1.807) is 0 Å². The number of carbonyl (C=O) groups excluding carboxylic acids is 1. The lowest BCUT2D eigenvalue weighted by atomic mass is 9.87. The van der Waals surface area contributed by atoms with E-state index in [-0.39, 0.29) is 5.97 Å². The maximum atomic E-state index is 11.1. The van der Waals surface area contributed by atoms with Gasteiger partial charge in [0.2, 0.25) is 0 Å². The third kappa shape index (κ3) is 5.85. The van der Waals surface area contributed by atoms with Crippen molar-refractivity contribution in [3.63, 3.8) is 0 Å². The maximum Gasteiger partial charge on any atom is 0.330 e. The molecule has 1 aliphatic carbocycles. The first-order valence-corrected chi connectivity index (χ1v) is 6.92. The SMILES string of the molecule is C=C/C(=C/C1CCCCC1)C/C=C\C(=O)OCC. The number of allylic oxidation sites excluding steroid dienone is 4. The molecule has 2 nitrogen and oxygen atoms in total. The Morgan fingerprint density at radius 1 is 1.33 bits per heavy atom. The lowest BCUT2D eigenvalue weighted by Gasteiger charge is -2.18. The van der Waals surface area contributed by atoms with Crippen LogP contribution < -0.4 is 0 Å². The number of carbonyl (C=O) groups is 1. The van der Waals surface area contributed by atoms with E-state index in [2.05, 4.69) is 12.7 Å². The number of hydrogen-bond donors (Lipinski definition) is 0. The number of rotatable bonds is 6. The van der Waals surface area contributed by atoms with E-state index >= 15 is 0 Å². The Bertz CT molecular complexity index is 320. The molecule has 2 heteroatoms. The molecule has 0 atom stereocenters. The summed E-state index contributed by atoms with van der Waals surface area (Å²) in [7, 11) is 0. The second-order valence-electron chi connectivity index (χ2n) is 4.70. The van der Waals surface area contributed by atoms with Crippen LogP contribution in [0.15, 0.2) is 36.5 Å². The Morgan fingerprint density at radius 2 is 2.06 bits per heavy atom. The lowest BCUT2D eigenvalue weighted by Crippen LogP contribution is -2.03. The highest BCUT2D eigenvalue weighted by molar-refractivity contribution is 5.81. The fourth-order valence-corrected chi connectivity index (χ4v) is 2.30. The highest BCUT2D eigenvalue weighted by atomic mass is 16.5. The second-order valence-corrected chi connectivity index (χ2v) is 4.70. The molecule has 0 unspecified atom stereocenters. The summed E-state index contributed by atoms with van der Waals surface area (Å²) >= 11 is 0. The van der Waals surface area contributed by atoms with Crippen LogP contribution >= 0.6 is 0 Å². The fourth-order valence-electron chi connectivity index (χ4n) is 2.30. The van der Waals surface area contributed by atoms with E-state index in [1.807, 2.05) is 19.1 Å². The van der Waals surface area contributed by atoms with Gasteiger partial charge in [0.1, 0.15) is 0 Å². The Kier molecular flexibility index (Phi) is 7.16. The van der Waals surface area contributed by atoms with Gasteiger partial charge in [0.15, 0.2) is 0 Å². The monoisotopic (exact) mass is 248 g/mol. The van der Waals surface area contributed by atoms with Gasteiger partial charge in [-0.3, -0.25) is 0 Å². The van der Waals surface area contributed by atoms with E-state index < -0.39 is 0 Å². The van der Waals surface area contributed by atoms with E-state index in [4.69, 9.17) is 4.74 Å². The van der Waals surface area contributed by atoms with Gasteiger partial charge >= 0.3 is 5.97 Å². The first-order valence-electron chi connectivity index (χ1n) is 6.92. The lowest BCUT2D eigenvalue weighted by molar-refractivity contribution is -0.137. The van der Waals surface area contributed by atoms with Crippen LogP contribution in [0.2, 0.25) is 0 Å². The molecule has 0 aromatic heterocycles. The molecule has 0 radical (unpaired) electrons. The van der Waals surface area contributed by atoms with E-state index in [0.29, 0.717) is 12.5 Å². The summed E-state index contributed by atoms with van der Waals surface area (Å²) in [5, 5.41) is 0. The van der Waals surface area contributed by atoms with Crippen LogP contribution in [0.25, 0.3) is 0 Å². The molecule has 0 bridgehead atoms. The van der Waals surface area contributed by atoms with Gasteiger partial charge < -0.3 is 4.74 Å². The van der Waals surface area contributed by atoms with Crippen molar-refractivity contribution < 1.29 is 9.53 Å². The van der Waals surface area contributed by atoms with Gasteiger partial charge in [-0.2, -0.15) is 0 Å². The number of ether oxygens (including phenoxy) is 1. The largest absolute Gasteiger partial charge is 0.463 e. The smallest absolute Gasteiger partial charge is 0.330 e. The average molecular weight is 248 g/mol. The van der Waals surface area contributed by atoms with Gasteiger partial charge in [-0.1, -0.05) is 44.1 Å². The zero-order chi connectivity index (χ0) is 13.2. The average Bonchev–Trinajstić information content (AvgIpc) is 2.39. The zero-order valence-corrected chi connectivity index (χ0v) is 11.4. The minimum Gasteiger partial charge on any atom is -0.463 e. The quantitative estimate of drug-likeness (QED) is 0.400. The maximum absolute atomic E-state index is 11.1. The van der Waals surface area contributed by atoms with E-state index in [1.165, 1.54) is 43.8 Å². The normalized spacial score (nSPS) is 17.9. The van der Waals surface area contributed by atoms with Crippen molar-refractivity contribution in [1.29, 1.82) is 0 Å². The van der Waals surface area contributed by atoms with Crippen molar-refractivity contribution in [2.75, 3.05) is 6.61 Å². The number of hydrogen-bond acceptors (Lipinski definition) is 2.